The highest BCUT2D eigenvalue weighted by Gasteiger charge is 2.54. The average molecular weight is 262 g/mol. The number of hydrogen-bond donors (Lipinski definition) is 1. The number of carbonyl (C=O) groups excluding carboxylic acids is 2. The minimum Gasteiger partial charge on any atom is -0.345 e. The molecule has 1 aliphatic heterocycles. The van der Waals surface area contributed by atoms with Crippen molar-refractivity contribution in [2.75, 3.05) is 13.1 Å². The topological polar surface area (TPSA) is 67.2 Å². The van der Waals surface area contributed by atoms with E-state index < -0.39 is 5.54 Å². The molecule has 2 fully saturated rings. The third kappa shape index (κ3) is 2.01. The van der Waals surface area contributed by atoms with Crippen LogP contribution in [0.15, 0.2) is 18.5 Å². The Bertz CT molecular complexity index is 495. The van der Waals surface area contributed by atoms with E-state index in [1.54, 1.807) is 15.8 Å². The van der Waals surface area contributed by atoms with Crippen LogP contribution in [0.3, 0.4) is 0 Å². The molecule has 6 heteroatoms. The molecule has 1 aliphatic carbocycles. The molecule has 1 unspecified atom stereocenters. The molecule has 2 amide bonds. The Morgan fingerprint density at radius 3 is 2.84 bits per heavy atom. The molecule has 102 valence electrons. The van der Waals surface area contributed by atoms with Crippen LogP contribution in [0.25, 0.3) is 0 Å². The molecular weight excluding hydrogens is 244 g/mol. The molecule has 2 aliphatic rings. The predicted molar refractivity (Wildman–Crippen MR) is 68.1 cm³/mol. The van der Waals surface area contributed by atoms with E-state index in [2.05, 4.69) is 10.4 Å². The second-order valence-electron chi connectivity index (χ2n) is 5.42. The smallest absolute Gasteiger partial charge is 0.246 e. The molecule has 1 N–H and O–H groups in total. The quantitative estimate of drug-likeness (QED) is 0.831. The summed E-state index contributed by atoms with van der Waals surface area (Å²) < 4.78 is 1.78. The van der Waals surface area contributed by atoms with E-state index in [4.69, 9.17) is 0 Å². The highest BCUT2D eigenvalue weighted by molar-refractivity contribution is 5.98. The van der Waals surface area contributed by atoms with E-state index in [1.165, 1.54) is 0 Å². The lowest BCUT2D eigenvalue weighted by molar-refractivity contribution is -0.154. The van der Waals surface area contributed by atoms with E-state index in [0.717, 1.165) is 12.8 Å². The van der Waals surface area contributed by atoms with Gasteiger partial charge >= 0.3 is 0 Å². The summed E-state index contributed by atoms with van der Waals surface area (Å²) in [5.74, 6) is 0.283. The number of nitrogens with zero attached hydrogens (tertiary/aromatic N) is 3. The lowest BCUT2D eigenvalue weighted by Gasteiger charge is -2.43. The van der Waals surface area contributed by atoms with Gasteiger partial charge in [0.25, 0.3) is 0 Å². The van der Waals surface area contributed by atoms with E-state index >= 15 is 0 Å². The van der Waals surface area contributed by atoms with Crippen molar-refractivity contribution >= 4 is 11.8 Å². The Morgan fingerprint density at radius 1 is 1.42 bits per heavy atom. The van der Waals surface area contributed by atoms with Crippen LogP contribution in [-0.4, -0.2) is 45.1 Å². The highest BCUT2D eigenvalue weighted by Crippen LogP contribution is 2.44. The van der Waals surface area contributed by atoms with Crippen molar-refractivity contribution in [3.8, 4) is 0 Å². The van der Waals surface area contributed by atoms with Crippen LogP contribution in [0.2, 0.25) is 0 Å². The predicted octanol–water partition coefficient (Wildman–Crippen LogP) is 0.0102. The van der Waals surface area contributed by atoms with Crippen molar-refractivity contribution in [3.63, 3.8) is 0 Å². The van der Waals surface area contributed by atoms with Gasteiger partial charge in [-0.2, -0.15) is 5.10 Å². The molecule has 0 spiro atoms. The van der Waals surface area contributed by atoms with Crippen molar-refractivity contribution in [1.82, 2.24) is 20.0 Å². The van der Waals surface area contributed by atoms with Gasteiger partial charge in [-0.15, -0.1) is 0 Å². The zero-order chi connectivity index (χ0) is 13.5. The van der Waals surface area contributed by atoms with Gasteiger partial charge in [0, 0.05) is 18.9 Å². The second-order valence-corrected chi connectivity index (χ2v) is 5.42. The van der Waals surface area contributed by atoms with E-state index in [9.17, 15) is 9.59 Å². The van der Waals surface area contributed by atoms with Gasteiger partial charge in [-0.05, 0) is 31.7 Å². The number of carbonyl (C=O) groups is 2. The standard InChI is InChI=1S/C13H18N4O2/c1-13(10-3-4-10)12(19)14-9-11(18)17(13)8-7-16-6-2-5-15-16/h2,5-6,10H,3-4,7-9H2,1H3,(H,14,19). The summed E-state index contributed by atoms with van der Waals surface area (Å²) in [7, 11) is 0. The summed E-state index contributed by atoms with van der Waals surface area (Å²) in [6, 6.07) is 1.85. The maximum Gasteiger partial charge on any atom is 0.246 e. The van der Waals surface area contributed by atoms with Gasteiger partial charge in [0.2, 0.25) is 11.8 Å². The fraction of sp³-hybridized carbons (Fsp3) is 0.615. The van der Waals surface area contributed by atoms with Crippen molar-refractivity contribution in [3.05, 3.63) is 18.5 Å². The first-order chi connectivity index (χ1) is 9.12. The maximum atomic E-state index is 12.2. The van der Waals surface area contributed by atoms with Crippen LogP contribution < -0.4 is 5.32 Å². The van der Waals surface area contributed by atoms with Gasteiger partial charge < -0.3 is 10.2 Å². The Morgan fingerprint density at radius 2 is 2.21 bits per heavy atom. The van der Waals surface area contributed by atoms with E-state index in [-0.39, 0.29) is 18.4 Å². The number of nitrogens with one attached hydrogen (secondary N) is 1. The molecule has 1 aromatic heterocycles. The molecule has 19 heavy (non-hydrogen) atoms. The molecule has 0 radical (unpaired) electrons. The molecule has 1 atom stereocenters. The first-order valence-electron chi connectivity index (χ1n) is 6.68. The third-order valence-corrected chi connectivity index (χ3v) is 4.21. The van der Waals surface area contributed by atoms with Crippen molar-refractivity contribution in [2.45, 2.75) is 31.8 Å². The van der Waals surface area contributed by atoms with E-state index in [1.807, 2.05) is 19.2 Å². The lowest BCUT2D eigenvalue weighted by Crippen LogP contribution is -2.67. The highest BCUT2D eigenvalue weighted by atomic mass is 16.2. The number of aromatic nitrogens is 2. The van der Waals surface area contributed by atoms with Crippen LogP contribution in [0.1, 0.15) is 19.8 Å². The summed E-state index contributed by atoms with van der Waals surface area (Å²) in [6.45, 7) is 3.15. The first kappa shape index (κ1) is 12.2. The summed E-state index contributed by atoms with van der Waals surface area (Å²) in [4.78, 5) is 26.1. The molecular formula is C13H18N4O2. The molecule has 1 saturated carbocycles. The zero-order valence-corrected chi connectivity index (χ0v) is 11.0. The number of piperazine rings is 1. The minimum absolute atomic E-state index is 0.00107. The van der Waals surface area contributed by atoms with Crippen molar-refractivity contribution in [2.24, 2.45) is 5.92 Å². The van der Waals surface area contributed by atoms with Gasteiger partial charge in [0.15, 0.2) is 0 Å². The van der Waals surface area contributed by atoms with Crippen molar-refractivity contribution < 1.29 is 9.59 Å². The fourth-order valence-corrected chi connectivity index (χ4v) is 2.86. The number of rotatable bonds is 4. The van der Waals surface area contributed by atoms with Gasteiger partial charge in [-0.1, -0.05) is 0 Å². The molecule has 0 aromatic carbocycles. The Hall–Kier alpha value is -1.85. The number of amides is 2. The first-order valence-corrected chi connectivity index (χ1v) is 6.68. The lowest BCUT2D eigenvalue weighted by atomic mass is 9.90. The average Bonchev–Trinajstić information content (AvgIpc) is 3.13. The van der Waals surface area contributed by atoms with Gasteiger partial charge in [0.05, 0.1) is 13.1 Å². The summed E-state index contributed by atoms with van der Waals surface area (Å²) in [6.07, 6.45) is 5.62. The molecule has 3 rings (SSSR count). The maximum absolute atomic E-state index is 12.2. The van der Waals surface area contributed by atoms with Gasteiger partial charge in [-0.3, -0.25) is 14.3 Å². The number of hydrogen-bond acceptors (Lipinski definition) is 3. The third-order valence-electron chi connectivity index (χ3n) is 4.21. The summed E-state index contributed by atoms with van der Waals surface area (Å²) in [5, 5.41) is 6.85. The SMILES string of the molecule is CC1(C2CC2)C(=O)NCC(=O)N1CCn1cccn1. The summed E-state index contributed by atoms with van der Waals surface area (Å²) in [5.41, 5.74) is -0.678. The van der Waals surface area contributed by atoms with Gasteiger partial charge in [-0.25, -0.2) is 0 Å². The van der Waals surface area contributed by atoms with Crippen LogP contribution in [0.5, 0.6) is 0 Å². The largest absolute Gasteiger partial charge is 0.345 e. The Labute approximate surface area is 111 Å². The molecule has 6 nitrogen and oxygen atoms in total. The Balaban J connectivity index is 1.78. The van der Waals surface area contributed by atoms with Gasteiger partial charge in [0.1, 0.15) is 5.54 Å². The summed E-state index contributed by atoms with van der Waals surface area (Å²) >= 11 is 0. The molecule has 0 bridgehead atoms. The fourth-order valence-electron chi connectivity index (χ4n) is 2.86. The zero-order valence-electron chi connectivity index (χ0n) is 11.0. The van der Waals surface area contributed by atoms with Crippen LogP contribution >= 0.6 is 0 Å². The van der Waals surface area contributed by atoms with Crippen LogP contribution in [0.4, 0.5) is 0 Å². The Kier molecular flexibility index (Phi) is 2.80. The van der Waals surface area contributed by atoms with Crippen LogP contribution in [-0.2, 0) is 16.1 Å². The second kappa shape index (κ2) is 4.36. The van der Waals surface area contributed by atoms with Crippen LogP contribution in [0, 0.1) is 5.92 Å². The minimum atomic E-state index is -0.678. The van der Waals surface area contributed by atoms with Crippen molar-refractivity contribution in [1.29, 1.82) is 0 Å². The molecule has 1 aromatic rings. The monoisotopic (exact) mass is 262 g/mol. The molecule has 2 heterocycles. The molecule has 1 saturated heterocycles. The normalized spacial score (nSPS) is 27.5. The van der Waals surface area contributed by atoms with E-state index in [0.29, 0.717) is 19.0 Å².